The third-order valence-corrected chi connectivity index (χ3v) is 3.42. The van der Waals surface area contributed by atoms with Gasteiger partial charge in [-0.05, 0) is 25.5 Å². The number of piperidine rings is 1. The summed E-state index contributed by atoms with van der Waals surface area (Å²) in [6, 6.07) is 3.18. The van der Waals surface area contributed by atoms with E-state index in [0.29, 0.717) is 18.1 Å². The molecule has 104 valence electrons. The van der Waals surface area contributed by atoms with E-state index >= 15 is 0 Å². The second-order valence-corrected chi connectivity index (χ2v) is 4.83. The number of nitrogens with two attached hydrogens (primary N) is 1. The third kappa shape index (κ3) is 3.02. The van der Waals surface area contributed by atoms with Crippen LogP contribution < -0.4 is 10.6 Å². The molecular weight excluding hydrogens is 246 g/mol. The molecule has 1 aromatic heterocycles. The molecule has 0 aliphatic carbocycles. The number of aromatic carboxylic acids is 1. The number of pyridine rings is 1. The van der Waals surface area contributed by atoms with Crippen LogP contribution in [0.3, 0.4) is 0 Å². The molecule has 0 unspecified atom stereocenters. The summed E-state index contributed by atoms with van der Waals surface area (Å²) in [6.45, 7) is 3.18. The molecule has 6 nitrogen and oxygen atoms in total. The van der Waals surface area contributed by atoms with Gasteiger partial charge in [0.25, 0.3) is 0 Å². The molecular formula is C13H19N3O3. The summed E-state index contributed by atoms with van der Waals surface area (Å²) in [5, 5.41) is 9.08. The number of rotatable bonds is 3. The number of hydrogen-bond donors (Lipinski definition) is 2. The average molecular weight is 265 g/mol. The number of methoxy groups -OCH3 is 1. The number of carboxylic acid groups (broad SMARTS) is 1. The van der Waals surface area contributed by atoms with Crippen molar-refractivity contribution in [1.82, 2.24) is 4.98 Å². The zero-order valence-electron chi connectivity index (χ0n) is 11.2. The quantitative estimate of drug-likeness (QED) is 0.833. The average Bonchev–Trinajstić information content (AvgIpc) is 2.38. The normalized spacial score (nSPS) is 23.4. The van der Waals surface area contributed by atoms with Crippen LogP contribution in [0.25, 0.3) is 0 Å². The number of aromatic nitrogens is 1. The Morgan fingerprint density at radius 1 is 1.58 bits per heavy atom. The Bertz CT molecular complexity index is 478. The third-order valence-electron chi connectivity index (χ3n) is 3.42. The summed E-state index contributed by atoms with van der Waals surface area (Å²) < 4.78 is 5.35. The van der Waals surface area contributed by atoms with Crippen LogP contribution in [-0.4, -0.2) is 48.4 Å². The Labute approximate surface area is 112 Å². The molecule has 0 bridgehead atoms. The first-order valence-corrected chi connectivity index (χ1v) is 6.26. The first-order valence-electron chi connectivity index (χ1n) is 6.26. The van der Waals surface area contributed by atoms with Gasteiger partial charge in [-0.3, -0.25) is 0 Å². The number of aryl methyl sites for hydroxylation is 1. The number of nitrogens with zero attached hydrogens (tertiary/aromatic N) is 2. The van der Waals surface area contributed by atoms with Gasteiger partial charge in [0.05, 0.1) is 11.7 Å². The van der Waals surface area contributed by atoms with Crippen LogP contribution in [0.4, 0.5) is 5.82 Å². The molecule has 0 aromatic carbocycles. The predicted molar refractivity (Wildman–Crippen MR) is 71.5 cm³/mol. The minimum absolute atomic E-state index is 0.0185. The number of carboxylic acids is 1. The summed E-state index contributed by atoms with van der Waals surface area (Å²) in [4.78, 5) is 17.5. The van der Waals surface area contributed by atoms with E-state index in [1.165, 1.54) is 0 Å². The molecule has 19 heavy (non-hydrogen) atoms. The molecule has 2 rings (SSSR count). The zero-order valence-corrected chi connectivity index (χ0v) is 11.2. The van der Waals surface area contributed by atoms with E-state index in [-0.39, 0.29) is 17.7 Å². The first kappa shape index (κ1) is 13.8. The SMILES string of the molecule is CO[C@@H]1CN(c2cc(C(=O)O)cc(C)n2)CC[C@@H]1N. The van der Waals surface area contributed by atoms with Crippen LogP contribution in [0, 0.1) is 6.92 Å². The summed E-state index contributed by atoms with van der Waals surface area (Å²) in [5.41, 5.74) is 6.92. The second kappa shape index (κ2) is 5.54. The lowest BCUT2D eigenvalue weighted by atomic mass is 10.0. The van der Waals surface area contributed by atoms with Gasteiger partial charge in [-0.15, -0.1) is 0 Å². The van der Waals surface area contributed by atoms with Gasteiger partial charge >= 0.3 is 5.97 Å². The van der Waals surface area contributed by atoms with Crippen molar-refractivity contribution in [2.45, 2.75) is 25.5 Å². The standard InChI is InChI=1S/C13H19N3O3/c1-8-5-9(13(17)18)6-12(15-8)16-4-3-10(14)11(7-16)19-2/h5-6,10-11H,3-4,7,14H2,1-2H3,(H,17,18)/t10-,11+/m0/s1. The van der Waals surface area contributed by atoms with Crippen molar-refractivity contribution >= 4 is 11.8 Å². The molecule has 1 fully saturated rings. The van der Waals surface area contributed by atoms with Gasteiger partial charge < -0.3 is 20.5 Å². The molecule has 1 aliphatic heterocycles. The Hall–Kier alpha value is -1.66. The summed E-state index contributed by atoms with van der Waals surface area (Å²) in [7, 11) is 1.64. The molecule has 0 amide bonds. The highest BCUT2D eigenvalue weighted by atomic mass is 16.5. The van der Waals surface area contributed by atoms with Crippen molar-refractivity contribution in [2.24, 2.45) is 5.73 Å². The van der Waals surface area contributed by atoms with Crippen LogP contribution in [0.1, 0.15) is 22.5 Å². The fraction of sp³-hybridized carbons (Fsp3) is 0.538. The maximum atomic E-state index is 11.1. The van der Waals surface area contributed by atoms with Gasteiger partial charge in [0.2, 0.25) is 0 Å². The van der Waals surface area contributed by atoms with Gasteiger partial charge in [-0.25, -0.2) is 9.78 Å². The molecule has 1 aromatic rings. The van der Waals surface area contributed by atoms with Crippen LogP contribution >= 0.6 is 0 Å². The number of anilines is 1. The van der Waals surface area contributed by atoms with Crippen LogP contribution in [0.5, 0.6) is 0 Å². The highest BCUT2D eigenvalue weighted by Crippen LogP contribution is 2.20. The second-order valence-electron chi connectivity index (χ2n) is 4.83. The Kier molecular flexibility index (Phi) is 4.01. The van der Waals surface area contributed by atoms with Crippen LogP contribution in [-0.2, 0) is 4.74 Å². The minimum atomic E-state index is -0.941. The van der Waals surface area contributed by atoms with Crippen LogP contribution in [0.15, 0.2) is 12.1 Å². The van der Waals surface area contributed by atoms with Gasteiger partial charge in [0, 0.05) is 31.9 Å². The van der Waals surface area contributed by atoms with Crippen molar-refractivity contribution in [1.29, 1.82) is 0 Å². The summed E-state index contributed by atoms with van der Waals surface area (Å²) in [5.74, 6) is -0.268. The van der Waals surface area contributed by atoms with E-state index in [0.717, 1.165) is 13.0 Å². The molecule has 2 atom stereocenters. The van der Waals surface area contributed by atoms with Crippen molar-refractivity contribution in [3.05, 3.63) is 23.4 Å². The number of hydrogen-bond acceptors (Lipinski definition) is 5. The molecule has 6 heteroatoms. The summed E-state index contributed by atoms with van der Waals surface area (Å²) >= 11 is 0. The van der Waals surface area contributed by atoms with Crippen molar-refractivity contribution in [3.63, 3.8) is 0 Å². The molecule has 1 saturated heterocycles. The largest absolute Gasteiger partial charge is 0.478 e. The summed E-state index contributed by atoms with van der Waals surface area (Å²) in [6.07, 6.45) is 0.751. The lowest BCUT2D eigenvalue weighted by Gasteiger charge is -2.36. The molecule has 2 heterocycles. The van der Waals surface area contributed by atoms with Crippen molar-refractivity contribution in [3.8, 4) is 0 Å². The molecule has 0 spiro atoms. The van der Waals surface area contributed by atoms with E-state index in [1.807, 2.05) is 4.90 Å². The van der Waals surface area contributed by atoms with Gasteiger partial charge in [0.1, 0.15) is 5.82 Å². The van der Waals surface area contributed by atoms with Gasteiger partial charge in [-0.1, -0.05) is 0 Å². The lowest BCUT2D eigenvalue weighted by molar-refractivity contribution is 0.0696. The van der Waals surface area contributed by atoms with E-state index in [1.54, 1.807) is 26.2 Å². The Morgan fingerprint density at radius 2 is 2.32 bits per heavy atom. The fourth-order valence-corrected chi connectivity index (χ4v) is 2.33. The maximum Gasteiger partial charge on any atom is 0.335 e. The molecule has 0 saturated carbocycles. The van der Waals surface area contributed by atoms with Crippen molar-refractivity contribution < 1.29 is 14.6 Å². The maximum absolute atomic E-state index is 11.1. The molecule has 3 N–H and O–H groups in total. The van der Waals surface area contributed by atoms with Crippen molar-refractivity contribution in [2.75, 3.05) is 25.1 Å². The highest BCUT2D eigenvalue weighted by Gasteiger charge is 2.27. The monoisotopic (exact) mass is 265 g/mol. The lowest BCUT2D eigenvalue weighted by Crippen LogP contribution is -2.51. The molecule has 1 aliphatic rings. The van der Waals surface area contributed by atoms with E-state index in [9.17, 15) is 4.79 Å². The fourth-order valence-electron chi connectivity index (χ4n) is 2.33. The first-order chi connectivity index (χ1) is 9.01. The predicted octanol–water partition coefficient (Wildman–Crippen LogP) is 0.641. The number of ether oxygens (including phenoxy) is 1. The van der Waals surface area contributed by atoms with Gasteiger partial charge in [-0.2, -0.15) is 0 Å². The van der Waals surface area contributed by atoms with E-state index < -0.39 is 5.97 Å². The molecule has 0 radical (unpaired) electrons. The van der Waals surface area contributed by atoms with Crippen LogP contribution in [0.2, 0.25) is 0 Å². The van der Waals surface area contributed by atoms with E-state index in [2.05, 4.69) is 4.98 Å². The smallest absolute Gasteiger partial charge is 0.335 e. The highest BCUT2D eigenvalue weighted by molar-refractivity contribution is 5.88. The number of carbonyl (C=O) groups is 1. The topological polar surface area (TPSA) is 88.7 Å². The zero-order chi connectivity index (χ0) is 14.0. The van der Waals surface area contributed by atoms with E-state index in [4.69, 9.17) is 15.6 Å². The Balaban J connectivity index is 2.24. The Morgan fingerprint density at radius 3 is 2.95 bits per heavy atom. The minimum Gasteiger partial charge on any atom is -0.478 e. The van der Waals surface area contributed by atoms with Gasteiger partial charge in [0.15, 0.2) is 0 Å².